The number of thiazole rings is 2. The summed E-state index contributed by atoms with van der Waals surface area (Å²) in [5.41, 5.74) is 2.68. The minimum atomic E-state index is -3.31. The quantitative estimate of drug-likeness (QED) is 0.428. The first-order valence-electron chi connectivity index (χ1n) is 9.46. The summed E-state index contributed by atoms with van der Waals surface area (Å²) in [6.07, 6.45) is 1.23. The van der Waals surface area contributed by atoms with Gasteiger partial charge < -0.3 is 9.80 Å². The number of fused-ring (bicyclic) bond motifs is 2. The molecule has 3 heterocycles. The number of para-hydroxylation sites is 1. The third-order valence-electron chi connectivity index (χ3n) is 5.23. The Hall–Kier alpha value is -1.94. The van der Waals surface area contributed by atoms with E-state index in [-0.39, 0.29) is 0 Å². The number of piperazine rings is 1. The topological polar surface area (TPSA) is 66.4 Å². The summed E-state index contributed by atoms with van der Waals surface area (Å²) < 4.78 is 26.2. The Morgan fingerprint density at radius 1 is 0.933 bits per heavy atom. The summed E-state index contributed by atoms with van der Waals surface area (Å²) in [7, 11) is -3.31. The molecular formula is C20H19ClN4O2S3. The molecule has 0 amide bonds. The van der Waals surface area contributed by atoms with Crippen LogP contribution in [0.5, 0.6) is 0 Å². The van der Waals surface area contributed by atoms with Crippen LogP contribution >= 0.6 is 34.3 Å². The molecule has 30 heavy (non-hydrogen) atoms. The fourth-order valence-electron chi connectivity index (χ4n) is 3.71. The minimum Gasteiger partial charge on any atom is -0.345 e. The third-order valence-corrected chi connectivity index (χ3v) is 8.72. The second kappa shape index (κ2) is 7.33. The van der Waals surface area contributed by atoms with Gasteiger partial charge in [0.15, 0.2) is 20.1 Å². The van der Waals surface area contributed by atoms with E-state index in [2.05, 4.69) is 14.8 Å². The maximum absolute atomic E-state index is 12.1. The fraction of sp³-hybridized carbons (Fsp3) is 0.300. The van der Waals surface area contributed by atoms with Gasteiger partial charge in [0.25, 0.3) is 0 Å². The van der Waals surface area contributed by atoms with Gasteiger partial charge in [0.1, 0.15) is 5.52 Å². The van der Waals surface area contributed by atoms with Crippen LogP contribution in [0, 0.1) is 6.92 Å². The highest BCUT2D eigenvalue weighted by Crippen LogP contribution is 2.35. The smallest absolute Gasteiger partial charge is 0.186 e. The molecule has 6 nitrogen and oxygen atoms in total. The highest BCUT2D eigenvalue weighted by molar-refractivity contribution is 7.91. The molecular weight excluding hydrogens is 460 g/mol. The number of aryl methyl sites for hydroxylation is 1. The Bertz CT molecular complexity index is 1370. The van der Waals surface area contributed by atoms with Crippen molar-refractivity contribution in [2.75, 3.05) is 42.2 Å². The number of nitrogens with zero attached hydrogens (tertiary/aromatic N) is 4. The van der Waals surface area contributed by atoms with Crippen molar-refractivity contribution in [3.63, 3.8) is 0 Å². The number of benzene rings is 2. The molecule has 156 valence electrons. The normalized spacial score (nSPS) is 15.4. The van der Waals surface area contributed by atoms with Crippen molar-refractivity contribution in [2.24, 2.45) is 0 Å². The van der Waals surface area contributed by atoms with Crippen molar-refractivity contribution in [3.8, 4) is 0 Å². The Morgan fingerprint density at radius 3 is 2.17 bits per heavy atom. The molecule has 2 aromatic heterocycles. The maximum atomic E-state index is 12.1. The monoisotopic (exact) mass is 478 g/mol. The number of sulfone groups is 1. The van der Waals surface area contributed by atoms with Crippen LogP contribution in [-0.2, 0) is 9.84 Å². The molecule has 5 rings (SSSR count). The Balaban J connectivity index is 1.38. The lowest BCUT2D eigenvalue weighted by Gasteiger charge is -2.34. The van der Waals surface area contributed by atoms with Crippen LogP contribution < -0.4 is 9.80 Å². The van der Waals surface area contributed by atoms with Crippen LogP contribution in [0.4, 0.5) is 10.3 Å². The van der Waals surface area contributed by atoms with E-state index in [1.54, 1.807) is 34.8 Å². The van der Waals surface area contributed by atoms with Gasteiger partial charge in [-0.05, 0) is 36.8 Å². The van der Waals surface area contributed by atoms with Gasteiger partial charge >= 0.3 is 0 Å². The van der Waals surface area contributed by atoms with E-state index in [0.29, 0.717) is 10.4 Å². The van der Waals surface area contributed by atoms with E-state index in [0.717, 1.165) is 61.9 Å². The Kier molecular flexibility index (Phi) is 4.89. The van der Waals surface area contributed by atoms with Crippen molar-refractivity contribution < 1.29 is 8.42 Å². The van der Waals surface area contributed by atoms with Gasteiger partial charge in [-0.2, -0.15) is 0 Å². The van der Waals surface area contributed by atoms with Crippen LogP contribution in [0.15, 0.2) is 35.2 Å². The van der Waals surface area contributed by atoms with Gasteiger partial charge in [0.05, 0.1) is 19.8 Å². The highest BCUT2D eigenvalue weighted by Gasteiger charge is 2.24. The minimum absolute atomic E-state index is 0.296. The van der Waals surface area contributed by atoms with E-state index in [1.165, 1.54) is 6.26 Å². The lowest BCUT2D eigenvalue weighted by molar-refractivity contribution is 0.602. The molecule has 0 spiro atoms. The Morgan fingerprint density at radius 2 is 1.53 bits per heavy atom. The van der Waals surface area contributed by atoms with E-state index >= 15 is 0 Å². The summed E-state index contributed by atoms with van der Waals surface area (Å²) in [5, 5.41) is 2.62. The summed E-state index contributed by atoms with van der Waals surface area (Å²) in [4.78, 5) is 14.3. The zero-order valence-corrected chi connectivity index (χ0v) is 19.6. The molecule has 0 atom stereocenters. The number of aromatic nitrogens is 2. The SMILES string of the molecule is Cc1cc(Cl)cc2sc(N3CCN(c4nc5c(S(C)(=O)=O)cccc5s4)CC3)nc12. The molecule has 0 unspecified atom stereocenters. The van der Waals surface area contributed by atoms with Crippen LogP contribution in [0.3, 0.4) is 0 Å². The van der Waals surface area contributed by atoms with Gasteiger partial charge in [-0.25, -0.2) is 18.4 Å². The molecule has 10 heteroatoms. The number of halogens is 1. The average Bonchev–Trinajstić information content (AvgIpc) is 3.31. The zero-order chi connectivity index (χ0) is 21.0. The summed E-state index contributed by atoms with van der Waals surface area (Å²) in [5.74, 6) is 0. The van der Waals surface area contributed by atoms with E-state index in [4.69, 9.17) is 16.6 Å². The van der Waals surface area contributed by atoms with Crippen molar-refractivity contribution in [1.29, 1.82) is 0 Å². The molecule has 0 radical (unpaired) electrons. The molecule has 1 aliphatic heterocycles. The first-order valence-corrected chi connectivity index (χ1v) is 13.4. The largest absolute Gasteiger partial charge is 0.345 e. The lowest BCUT2D eigenvalue weighted by Crippen LogP contribution is -2.46. The van der Waals surface area contributed by atoms with Gasteiger partial charge in [-0.3, -0.25) is 0 Å². The predicted octanol–water partition coefficient (Wildman–Crippen LogP) is 4.60. The molecule has 0 N–H and O–H groups in total. The lowest BCUT2D eigenvalue weighted by atomic mass is 10.2. The van der Waals surface area contributed by atoms with Gasteiger partial charge in [0.2, 0.25) is 0 Å². The first-order chi connectivity index (χ1) is 14.3. The summed E-state index contributed by atoms with van der Waals surface area (Å²) >= 11 is 9.41. The molecule has 1 saturated heterocycles. The zero-order valence-electron chi connectivity index (χ0n) is 16.4. The summed E-state index contributed by atoms with van der Waals surface area (Å²) in [6, 6.07) is 9.25. The Labute approximate surface area is 187 Å². The molecule has 0 saturated carbocycles. The van der Waals surface area contributed by atoms with Gasteiger partial charge in [-0.15, -0.1) is 0 Å². The first kappa shape index (κ1) is 20.0. The number of anilines is 2. The molecule has 4 aromatic rings. The van der Waals surface area contributed by atoms with Crippen molar-refractivity contribution in [1.82, 2.24) is 9.97 Å². The average molecular weight is 479 g/mol. The molecule has 1 aliphatic rings. The number of rotatable bonds is 3. The van der Waals surface area contributed by atoms with Crippen LogP contribution in [0.2, 0.25) is 5.02 Å². The van der Waals surface area contributed by atoms with Crippen molar-refractivity contribution >= 4 is 74.8 Å². The second-order valence-corrected chi connectivity index (χ2v) is 11.9. The number of hydrogen-bond donors (Lipinski definition) is 0. The predicted molar refractivity (Wildman–Crippen MR) is 127 cm³/mol. The van der Waals surface area contributed by atoms with Crippen LogP contribution in [0.1, 0.15) is 5.56 Å². The van der Waals surface area contributed by atoms with Crippen molar-refractivity contribution in [3.05, 3.63) is 40.9 Å². The highest BCUT2D eigenvalue weighted by atomic mass is 35.5. The molecule has 1 fully saturated rings. The van der Waals surface area contributed by atoms with Gasteiger partial charge in [-0.1, -0.05) is 40.3 Å². The van der Waals surface area contributed by atoms with Crippen LogP contribution in [0.25, 0.3) is 20.4 Å². The van der Waals surface area contributed by atoms with Crippen LogP contribution in [-0.4, -0.2) is 50.8 Å². The maximum Gasteiger partial charge on any atom is 0.186 e. The standard InChI is InChI=1S/C20H19ClN4O2S3/c1-12-10-13(21)11-15-17(12)22-19(29-15)24-6-8-25(9-7-24)20-23-18-14(28-20)4-3-5-16(18)30(2,26)27/h3-5,10-11H,6-9H2,1-2H3. The van der Waals surface area contributed by atoms with Crippen molar-refractivity contribution in [2.45, 2.75) is 11.8 Å². The van der Waals surface area contributed by atoms with E-state index < -0.39 is 9.84 Å². The molecule has 0 aliphatic carbocycles. The molecule has 2 aromatic carbocycles. The van der Waals surface area contributed by atoms with E-state index in [9.17, 15) is 8.42 Å². The molecule has 0 bridgehead atoms. The van der Waals surface area contributed by atoms with E-state index in [1.807, 2.05) is 25.1 Å². The van der Waals surface area contributed by atoms with Gasteiger partial charge in [0, 0.05) is 37.5 Å². The number of hydrogen-bond acceptors (Lipinski definition) is 8. The summed E-state index contributed by atoms with van der Waals surface area (Å²) in [6.45, 7) is 5.32. The second-order valence-electron chi connectivity index (χ2n) is 7.41. The fourth-order valence-corrected chi connectivity index (χ4v) is 7.13. The third kappa shape index (κ3) is 3.53.